The van der Waals surface area contributed by atoms with Crippen LogP contribution >= 0.6 is 0 Å². The van der Waals surface area contributed by atoms with Gasteiger partial charge in [-0.25, -0.2) is 0 Å². The number of carbonyl (C=O) groups is 3. The van der Waals surface area contributed by atoms with Gasteiger partial charge < -0.3 is 58.6 Å². The van der Waals surface area contributed by atoms with Crippen molar-refractivity contribution in [3.05, 3.63) is 29.8 Å². The third-order valence-electron chi connectivity index (χ3n) is 13.2. The SMILES string of the molecule is CC[C@H]1OC(=O)[C@H](C)[C@@H](OC(=O)Cc2ccc(OC(C)=O)cc2)[C@H](C)[C@@H](O[C@@H]2O[C@H](C)C[C@H](N(C)C)[C@H]2O)[C@@](C)(O)C[C@H](C)/C(=N\OC2(OC)CCCCC2)[C@H](C)[C@@H](O)[C@]1(C)O. The molecule has 2 aliphatic heterocycles. The van der Waals surface area contributed by atoms with Gasteiger partial charge in [-0.15, -0.1) is 0 Å². The molecule has 2 saturated heterocycles. The van der Waals surface area contributed by atoms with Gasteiger partial charge in [0.05, 0.1) is 42.0 Å². The van der Waals surface area contributed by atoms with Crippen LogP contribution in [0.5, 0.6) is 5.75 Å². The van der Waals surface area contributed by atoms with Gasteiger partial charge in [-0.1, -0.05) is 51.4 Å². The number of rotatable bonds is 11. The summed E-state index contributed by atoms with van der Waals surface area (Å²) in [5, 5.41) is 53.2. The molecule has 0 unspecified atom stereocenters. The first kappa shape index (κ1) is 51.4. The summed E-state index contributed by atoms with van der Waals surface area (Å²) in [6.07, 6.45) is -3.78. The number of nitrogens with zero attached hydrogens (tertiary/aromatic N) is 2. The third kappa shape index (κ3) is 12.5. The average molecular weight is 879 g/mol. The molecule has 14 atom stereocenters. The molecule has 0 radical (unpaired) electrons. The van der Waals surface area contributed by atoms with Crippen molar-refractivity contribution in [1.29, 1.82) is 0 Å². The minimum Gasteiger partial charge on any atom is -0.461 e. The van der Waals surface area contributed by atoms with Crippen LogP contribution in [-0.2, 0) is 49.3 Å². The Bertz CT molecular complexity index is 1660. The van der Waals surface area contributed by atoms with Gasteiger partial charge in [0.2, 0.25) is 5.79 Å². The molecule has 3 aliphatic rings. The number of likely N-dealkylation sites (N-methyl/N-ethyl adjacent to an activating group) is 1. The maximum Gasteiger partial charge on any atom is 0.312 e. The van der Waals surface area contributed by atoms with Crippen molar-refractivity contribution in [1.82, 2.24) is 4.90 Å². The van der Waals surface area contributed by atoms with Crippen LogP contribution in [0.2, 0.25) is 0 Å². The van der Waals surface area contributed by atoms with Crippen LogP contribution in [-0.4, -0.2) is 136 Å². The largest absolute Gasteiger partial charge is 0.461 e. The van der Waals surface area contributed by atoms with Crippen molar-refractivity contribution in [3.63, 3.8) is 0 Å². The van der Waals surface area contributed by atoms with Gasteiger partial charge in [0.15, 0.2) is 6.29 Å². The molecule has 0 spiro atoms. The van der Waals surface area contributed by atoms with E-state index in [9.17, 15) is 34.8 Å². The van der Waals surface area contributed by atoms with Crippen molar-refractivity contribution in [2.24, 2.45) is 28.8 Å². The first-order valence-corrected chi connectivity index (χ1v) is 22.2. The smallest absolute Gasteiger partial charge is 0.312 e. The number of oxime groups is 1. The van der Waals surface area contributed by atoms with E-state index in [2.05, 4.69) is 5.16 Å². The molecule has 2 heterocycles. The molecule has 1 aliphatic carbocycles. The quantitative estimate of drug-likeness (QED) is 0.103. The summed E-state index contributed by atoms with van der Waals surface area (Å²) < 4.78 is 36.2. The Morgan fingerprint density at radius 1 is 0.968 bits per heavy atom. The molecule has 4 N–H and O–H groups in total. The predicted molar refractivity (Wildman–Crippen MR) is 229 cm³/mol. The van der Waals surface area contributed by atoms with Crippen molar-refractivity contribution < 1.29 is 68.1 Å². The lowest BCUT2D eigenvalue weighted by molar-refractivity contribution is -0.299. The summed E-state index contributed by atoms with van der Waals surface area (Å²) in [6.45, 7) is 14.6. The van der Waals surface area contributed by atoms with Gasteiger partial charge in [0, 0.05) is 50.7 Å². The average Bonchev–Trinajstić information content (AvgIpc) is 3.21. The normalized spacial score (nSPS) is 38.1. The molecule has 0 bridgehead atoms. The fourth-order valence-corrected chi connectivity index (χ4v) is 9.55. The van der Waals surface area contributed by atoms with Crippen molar-refractivity contribution in [2.45, 2.75) is 186 Å². The van der Waals surface area contributed by atoms with Crippen LogP contribution in [0, 0.1) is 23.7 Å². The second-order valence-electron chi connectivity index (χ2n) is 18.7. The molecule has 4 rings (SSSR count). The molecular formula is C46H74N2O14. The van der Waals surface area contributed by atoms with Crippen LogP contribution in [0.3, 0.4) is 0 Å². The number of esters is 3. The lowest BCUT2D eigenvalue weighted by atomic mass is 9.73. The predicted octanol–water partition coefficient (Wildman–Crippen LogP) is 4.69. The molecular weight excluding hydrogens is 805 g/mol. The second-order valence-corrected chi connectivity index (χ2v) is 18.7. The molecule has 1 saturated carbocycles. The number of hydrogen-bond acceptors (Lipinski definition) is 16. The van der Waals surface area contributed by atoms with Gasteiger partial charge in [-0.05, 0) is 91.6 Å². The number of carbonyl (C=O) groups excluding carboxylic acids is 3. The minimum atomic E-state index is -2.00. The molecule has 16 nitrogen and oxygen atoms in total. The highest BCUT2D eigenvalue weighted by Crippen LogP contribution is 2.40. The molecule has 62 heavy (non-hydrogen) atoms. The number of cyclic esters (lactones) is 1. The second kappa shape index (κ2) is 21.6. The van der Waals surface area contributed by atoms with E-state index in [-0.39, 0.29) is 31.4 Å². The first-order chi connectivity index (χ1) is 29.0. The maximum atomic E-state index is 14.3. The summed E-state index contributed by atoms with van der Waals surface area (Å²) in [5.74, 6) is -6.45. The number of benzene rings is 1. The summed E-state index contributed by atoms with van der Waals surface area (Å²) in [4.78, 5) is 47.8. The van der Waals surface area contributed by atoms with E-state index >= 15 is 0 Å². The third-order valence-corrected chi connectivity index (χ3v) is 13.2. The Balaban J connectivity index is 1.85. The van der Waals surface area contributed by atoms with E-state index in [0.29, 0.717) is 36.3 Å². The highest BCUT2D eigenvalue weighted by atomic mass is 16.8. The van der Waals surface area contributed by atoms with E-state index < -0.39 is 95.4 Å². The number of ether oxygens (including phenoxy) is 6. The molecule has 16 heteroatoms. The Morgan fingerprint density at radius 3 is 2.16 bits per heavy atom. The molecule has 1 aromatic carbocycles. The fraction of sp³-hybridized carbons (Fsp3) is 0.783. The van der Waals surface area contributed by atoms with Gasteiger partial charge in [-0.3, -0.25) is 14.4 Å². The van der Waals surface area contributed by atoms with Crippen LogP contribution in [0.4, 0.5) is 0 Å². The van der Waals surface area contributed by atoms with Gasteiger partial charge in [0.25, 0.3) is 0 Å². The highest BCUT2D eigenvalue weighted by molar-refractivity contribution is 5.89. The van der Waals surface area contributed by atoms with E-state index in [1.807, 2.05) is 32.8 Å². The molecule has 1 aromatic rings. The molecule has 0 aromatic heterocycles. The van der Waals surface area contributed by atoms with Gasteiger partial charge >= 0.3 is 17.9 Å². The zero-order chi connectivity index (χ0) is 46.3. The lowest BCUT2D eigenvalue weighted by Crippen LogP contribution is -2.60. The fourth-order valence-electron chi connectivity index (χ4n) is 9.55. The summed E-state index contributed by atoms with van der Waals surface area (Å²) in [5.41, 5.74) is -2.98. The Kier molecular flexibility index (Phi) is 17.9. The van der Waals surface area contributed by atoms with E-state index in [0.717, 1.165) is 19.3 Å². The van der Waals surface area contributed by atoms with Crippen LogP contribution < -0.4 is 4.74 Å². The minimum absolute atomic E-state index is 0.0652. The van der Waals surface area contributed by atoms with Crippen LogP contribution in [0.1, 0.15) is 119 Å². The van der Waals surface area contributed by atoms with E-state index in [1.165, 1.54) is 20.8 Å². The zero-order valence-corrected chi connectivity index (χ0v) is 38.9. The maximum absolute atomic E-state index is 14.3. The Morgan fingerprint density at radius 2 is 1.60 bits per heavy atom. The monoisotopic (exact) mass is 879 g/mol. The van der Waals surface area contributed by atoms with Crippen molar-refractivity contribution in [3.8, 4) is 5.75 Å². The molecule has 352 valence electrons. The standard InChI is InChI=1S/C46H74N2O14/c1-13-35-45(9,55)40(52)28(4)37(47-62-46(56-12)21-15-14-16-22-46)26(2)25-44(8,54)41(61-43-38(51)34(48(10)11)23-27(3)57-43)29(5)39(30(6)42(53)59-35)60-36(50)24-32-17-19-33(20-18-32)58-31(7)49/h17-20,26-30,34-35,38-41,43,51-52,54-55H,13-16,21-25H2,1-12H3/b47-37+/t26-,27+,28-,29-,30+,34-,35+,38+,39-,40+,41+,43-,44-,45+/m0/s1. The Labute approximate surface area is 367 Å². The summed E-state index contributed by atoms with van der Waals surface area (Å²) in [6, 6.07) is 5.96. The van der Waals surface area contributed by atoms with Crippen LogP contribution in [0.25, 0.3) is 0 Å². The van der Waals surface area contributed by atoms with E-state index in [4.69, 9.17) is 33.3 Å². The summed E-state index contributed by atoms with van der Waals surface area (Å²) >= 11 is 0. The Hall–Kier alpha value is -3.22. The lowest BCUT2D eigenvalue weighted by Gasteiger charge is -2.47. The topological polar surface area (TPSA) is 212 Å². The first-order valence-electron chi connectivity index (χ1n) is 22.2. The number of hydrogen-bond donors (Lipinski definition) is 4. The van der Waals surface area contributed by atoms with Crippen LogP contribution in [0.15, 0.2) is 29.4 Å². The van der Waals surface area contributed by atoms with Gasteiger partial charge in [-0.2, -0.15) is 0 Å². The highest BCUT2D eigenvalue weighted by Gasteiger charge is 2.52. The summed E-state index contributed by atoms with van der Waals surface area (Å²) in [7, 11) is 5.26. The van der Waals surface area contributed by atoms with Crippen molar-refractivity contribution >= 4 is 23.6 Å². The molecule has 0 amide bonds. The van der Waals surface area contributed by atoms with Crippen molar-refractivity contribution in [2.75, 3.05) is 21.2 Å². The number of aliphatic hydroxyl groups is 4. The number of aliphatic hydroxyl groups excluding tert-OH is 2. The van der Waals surface area contributed by atoms with Gasteiger partial charge in [0.1, 0.15) is 29.7 Å². The zero-order valence-electron chi connectivity index (χ0n) is 38.9. The number of methoxy groups -OCH3 is 1. The molecule has 3 fully saturated rings. The van der Waals surface area contributed by atoms with E-state index in [1.54, 1.807) is 59.1 Å².